The summed E-state index contributed by atoms with van der Waals surface area (Å²) in [6.07, 6.45) is 9.86. The second-order valence-corrected chi connectivity index (χ2v) is 5.34. The number of ether oxygens (including phenoxy) is 1. The number of nitrogens with one attached hydrogen (secondary N) is 1. The molecule has 0 saturated heterocycles. The van der Waals surface area contributed by atoms with Gasteiger partial charge in [-0.3, -0.25) is 0 Å². The van der Waals surface area contributed by atoms with Gasteiger partial charge in [0.25, 0.3) is 0 Å². The highest BCUT2D eigenvalue weighted by Crippen LogP contribution is 2.31. The Labute approximate surface area is 106 Å². The summed E-state index contributed by atoms with van der Waals surface area (Å²) in [5, 5.41) is 12.6. The average Bonchev–Trinajstić information content (AvgIpc) is 2.78. The molecule has 0 bridgehead atoms. The van der Waals surface area contributed by atoms with Gasteiger partial charge in [-0.25, -0.2) is 0 Å². The largest absolute Gasteiger partial charge is 0.394 e. The average molecular weight is 243 g/mol. The number of likely N-dealkylation sites (N-methyl/N-ethyl adjacent to an activating group) is 1. The molecule has 0 aromatic carbocycles. The van der Waals surface area contributed by atoms with Crippen LogP contribution in [0.5, 0.6) is 0 Å². The van der Waals surface area contributed by atoms with Crippen LogP contribution in [0.4, 0.5) is 0 Å². The van der Waals surface area contributed by atoms with E-state index in [0.717, 1.165) is 25.9 Å². The predicted molar refractivity (Wildman–Crippen MR) is 71.2 cm³/mol. The molecule has 1 aliphatic rings. The minimum absolute atomic E-state index is 0.0765. The van der Waals surface area contributed by atoms with Crippen LogP contribution in [0.1, 0.15) is 58.3 Å². The zero-order valence-electron chi connectivity index (χ0n) is 11.5. The van der Waals surface area contributed by atoms with Crippen LogP contribution < -0.4 is 5.32 Å². The number of hydrogen-bond acceptors (Lipinski definition) is 3. The van der Waals surface area contributed by atoms with E-state index >= 15 is 0 Å². The molecule has 0 amide bonds. The van der Waals surface area contributed by atoms with Crippen LogP contribution in [0.15, 0.2) is 0 Å². The van der Waals surface area contributed by atoms with Crippen molar-refractivity contribution in [1.82, 2.24) is 5.32 Å². The topological polar surface area (TPSA) is 41.5 Å². The Kier molecular flexibility index (Phi) is 7.09. The van der Waals surface area contributed by atoms with Gasteiger partial charge in [0.1, 0.15) is 0 Å². The highest BCUT2D eigenvalue weighted by molar-refractivity contribution is 4.95. The fourth-order valence-corrected chi connectivity index (χ4v) is 2.62. The highest BCUT2D eigenvalue weighted by Gasteiger charge is 2.37. The lowest BCUT2D eigenvalue weighted by Gasteiger charge is -2.26. The van der Waals surface area contributed by atoms with Gasteiger partial charge < -0.3 is 15.2 Å². The summed E-state index contributed by atoms with van der Waals surface area (Å²) in [5.74, 6) is 0. The molecule has 1 aliphatic carbocycles. The Hall–Kier alpha value is -0.120. The van der Waals surface area contributed by atoms with Crippen molar-refractivity contribution in [3.8, 4) is 0 Å². The first kappa shape index (κ1) is 14.9. The summed E-state index contributed by atoms with van der Waals surface area (Å²) in [7, 11) is 1.93. The van der Waals surface area contributed by atoms with Crippen molar-refractivity contribution in [3.05, 3.63) is 0 Å². The Morgan fingerprint density at radius 1 is 1.29 bits per heavy atom. The summed E-state index contributed by atoms with van der Waals surface area (Å²) in [4.78, 5) is 0. The first-order valence-corrected chi connectivity index (χ1v) is 7.17. The Bertz CT molecular complexity index is 193. The number of rotatable bonds is 9. The lowest BCUT2D eigenvalue weighted by molar-refractivity contribution is 0.0452. The number of unbranched alkanes of at least 4 members (excludes halogenated alkanes) is 4. The number of aliphatic hydroxyl groups excluding tert-OH is 1. The molecule has 0 heterocycles. The van der Waals surface area contributed by atoms with E-state index in [1.807, 2.05) is 7.05 Å². The molecule has 2 atom stereocenters. The molecule has 17 heavy (non-hydrogen) atoms. The second-order valence-electron chi connectivity index (χ2n) is 5.34. The SMILES string of the molecule is CCCCCCCOC1CCC(CO)(NC)C1. The number of hydrogen-bond donors (Lipinski definition) is 2. The van der Waals surface area contributed by atoms with Gasteiger partial charge in [0, 0.05) is 12.1 Å². The van der Waals surface area contributed by atoms with Crippen LogP contribution in [-0.2, 0) is 4.74 Å². The van der Waals surface area contributed by atoms with Gasteiger partial charge in [0.2, 0.25) is 0 Å². The Balaban J connectivity index is 2.06. The molecule has 2 unspecified atom stereocenters. The molecule has 2 N–H and O–H groups in total. The van der Waals surface area contributed by atoms with Gasteiger partial charge in [-0.2, -0.15) is 0 Å². The van der Waals surface area contributed by atoms with Crippen molar-refractivity contribution >= 4 is 0 Å². The molecule has 1 saturated carbocycles. The molecule has 1 fully saturated rings. The molecule has 0 aromatic rings. The lowest BCUT2D eigenvalue weighted by atomic mass is 9.99. The van der Waals surface area contributed by atoms with Gasteiger partial charge in [0.15, 0.2) is 0 Å². The zero-order valence-corrected chi connectivity index (χ0v) is 11.5. The molecular weight excluding hydrogens is 214 g/mol. The van der Waals surface area contributed by atoms with E-state index in [-0.39, 0.29) is 12.1 Å². The monoisotopic (exact) mass is 243 g/mol. The van der Waals surface area contributed by atoms with Crippen molar-refractivity contribution in [2.75, 3.05) is 20.3 Å². The maximum Gasteiger partial charge on any atom is 0.0614 e. The third-order valence-corrected chi connectivity index (χ3v) is 4.00. The molecule has 0 aromatic heterocycles. The summed E-state index contributed by atoms with van der Waals surface area (Å²) >= 11 is 0. The van der Waals surface area contributed by atoms with E-state index in [4.69, 9.17) is 4.74 Å². The van der Waals surface area contributed by atoms with Crippen LogP contribution in [0.2, 0.25) is 0 Å². The maximum atomic E-state index is 9.38. The molecule has 1 rings (SSSR count). The molecule has 102 valence electrons. The van der Waals surface area contributed by atoms with Crippen LogP contribution in [0, 0.1) is 0 Å². The van der Waals surface area contributed by atoms with E-state index in [1.165, 1.54) is 32.1 Å². The van der Waals surface area contributed by atoms with Gasteiger partial charge in [-0.05, 0) is 32.7 Å². The van der Waals surface area contributed by atoms with Crippen LogP contribution >= 0.6 is 0 Å². The maximum absolute atomic E-state index is 9.38. The minimum atomic E-state index is -0.0765. The normalized spacial score (nSPS) is 28.8. The van der Waals surface area contributed by atoms with E-state index in [2.05, 4.69) is 12.2 Å². The molecular formula is C14H29NO2. The van der Waals surface area contributed by atoms with E-state index < -0.39 is 0 Å². The fraction of sp³-hybridized carbons (Fsp3) is 1.00. The summed E-state index contributed by atoms with van der Waals surface area (Å²) in [6, 6.07) is 0. The van der Waals surface area contributed by atoms with Crippen LogP contribution in [-0.4, -0.2) is 37.0 Å². The third kappa shape index (κ3) is 4.94. The van der Waals surface area contributed by atoms with E-state index in [1.54, 1.807) is 0 Å². The first-order chi connectivity index (χ1) is 8.26. The third-order valence-electron chi connectivity index (χ3n) is 4.00. The van der Waals surface area contributed by atoms with E-state index in [0.29, 0.717) is 6.10 Å². The van der Waals surface area contributed by atoms with Crippen molar-refractivity contribution in [2.24, 2.45) is 0 Å². The lowest BCUT2D eigenvalue weighted by Crippen LogP contribution is -2.44. The molecule has 0 aliphatic heterocycles. The van der Waals surface area contributed by atoms with E-state index in [9.17, 15) is 5.11 Å². The first-order valence-electron chi connectivity index (χ1n) is 7.17. The van der Waals surface area contributed by atoms with Crippen LogP contribution in [0.25, 0.3) is 0 Å². The second kappa shape index (κ2) is 8.06. The highest BCUT2D eigenvalue weighted by atomic mass is 16.5. The fourth-order valence-electron chi connectivity index (χ4n) is 2.62. The summed E-state index contributed by atoms with van der Waals surface area (Å²) < 4.78 is 5.89. The van der Waals surface area contributed by atoms with Crippen LogP contribution in [0.3, 0.4) is 0 Å². The quantitative estimate of drug-likeness (QED) is 0.611. The Morgan fingerprint density at radius 3 is 2.65 bits per heavy atom. The summed E-state index contributed by atoms with van der Waals surface area (Å²) in [6.45, 7) is 3.35. The van der Waals surface area contributed by atoms with Gasteiger partial charge in [-0.1, -0.05) is 32.6 Å². The van der Waals surface area contributed by atoms with Gasteiger partial charge in [-0.15, -0.1) is 0 Å². The molecule has 3 heteroatoms. The molecule has 0 spiro atoms. The zero-order chi connectivity index (χ0) is 12.6. The van der Waals surface area contributed by atoms with Crippen molar-refractivity contribution in [1.29, 1.82) is 0 Å². The van der Waals surface area contributed by atoms with Gasteiger partial charge in [0.05, 0.1) is 12.7 Å². The van der Waals surface area contributed by atoms with Crippen molar-refractivity contribution < 1.29 is 9.84 Å². The molecule has 0 radical (unpaired) electrons. The standard InChI is InChI=1S/C14H29NO2/c1-3-4-5-6-7-10-17-13-8-9-14(11-13,12-16)15-2/h13,15-16H,3-12H2,1-2H3. The minimum Gasteiger partial charge on any atom is -0.394 e. The predicted octanol–water partition coefficient (Wildman–Crippen LogP) is 2.48. The Morgan fingerprint density at radius 2 is 2.06 bits per heavy atom. The van der Waals surface area contributed by atoms with Gasteiger partial charge >= 0.3 is 0 Å². The summed E-state index contributed by atoms with van der Waals surface area (Å²) in [5.41, 5.74) is -0.0765. The van der Waals surface area contributed by atoms with Crippen molar-refractivity contribution in [3.63, 3.8) is 0 Å². The van der Waals surface area contributed by atoms with Crippen molar-refractivity contribution in [2.45, 2.75) is 69.9 Å². The molecule has 3 nitrogen and oxygen atoms in total. The smallest absolute Gasteiger partial charge is 0.0614 e. The number of aliphatic hydroxyl groups is 1.